The molecule has 0 heterocycles. The van der Waals surface area contributed by atoms with Crippen molar-refractivity contribution in [2.45, 2.75) is 44.8 Å². The van der Waals surface area contributed by atoms with E-state index in [-0.39, 0.29) is 10.2 Å². The monoisotopic (exact) mass is 172 g/mol. The highest BCUT2D eigenvalue weighted by atomic mass is 32.1. The largest absolute Gasteiger partial charge is 0.300 e. The molecule has 0 aromatic heterocycles. The standard InChI is InChI=1S/C9H16OS/c1-8(2)4-7(10)5-9(3,11)6-8/h11H,4-6H2,1-3H3. The fourth-order valence-electron chi connectivity index (χ4n) is 2.18. The first-order valence-electron chi connectivity index (χ1n) is 4.05. The van der Waals surface area contributed by atoms with Crippen LogP contribution in [0.4, 0.5) is 0 Å². The zero-order valence-electron chi connectivity index (χ0n) is 7.48. The average molecular weight is 172 g/mol. The Morgan fingerprint density at radius 1 is 1.27 bits per heavy atom. The molecule has 0 aromatic rings. The topological polar surface area (TPSA) is 17.1 Å². The van der Waals surface area contributed by atoms with Crippen molar-refractivity contribution in [3.8, 4) is 0 Å². The van der Waals surface area contributed by atoms with Crippen molar-refractivity contribution in [3.05, 3.63) is 0 Å². The van der Waals surface area contributed by atoms with Gasteiger partial charge in [-0.2, -0.15) is 12.6 Å². The van der Waals surface area contributed by atoms with E-state index in [1.807, 2.05) is 0 Å². The summed E-state index contributed by atoms with van der Waals surface area (Å²) in [5, 5.41) is 0. The first-order valence-corrected chi connectivity index (χ1v) is 4.50. The minimum atomic E-state index is -0.0706. The average Bonchev–Trinajstić information content (AvgIpc) is 1.49. The van der Waals surface area contributed by atoms with Gasteiger partial charge in [0.25, 0.3) is 0 Å². The zero-order chi connectivity index (χ0) is 8.70. The molecular formula is C9H16OS. The molecule has 1 aliphatic rings. The lowest BCUT2D eigenvalue weighted by Gasteiger charge is -2.38. The molecule has 1 aliphatic carbocycles. The number of carbonyl (C=O) groups excluding carboxylic acids is 1. The van der Waals surface area contributed by atoms with Crippen LogP contribution in [0.2, 0.25) is 0 Å². The Bertz CT molecular complexity index is 164. The van der Waals surface area contributed by atoms with Crippen LogP contribution in [0.25, 0.3) is 0 Å². The number of rotatable bonds is 0. The van der Waals surface area contributed by atoms with Crippen molar-refractivity contribution in [1.82, 2.24) is 0 Å². The molecule has 0 saturated heterocycles. The predicted octanol–water partition coefficient (Wildman–Crippen LogP) is 2.45. The Balaban J connectivity index is 2.74. The molecule has 0 bridgehead atoms. The molecule has 64 valence electrons. The number of Topliss-reactive ketones (excluding diaryl/α,β-unsaturated/α-hetero) is 1. The molecule has 0 aromatic carbocycles. The van der Waals surface area contributed by atoms with E-state index in [9.17, 15) is 4.79 Å². The van der Waals surface area contributed by atoms with E-state index in [4.69, 9.17) is 0 Å². The Kier molecular flexibility index (Phi) is 2.08. The van der Waals surface area contributed by atoms with Crippen LogP contribution in [0.15, 0.2) is 0 Å². The summed E-state index contributed by atoms with van der Waals surface area (Å²) in [6, 6.07) is 0. The molecule has 1 fully saturated rings. The van der Waals surface area contributed by atoms with Crippen molar-refractivity contribution < 1.29 is 4.79 Å². The lowest BCUT2D eigenvalue weighted by molar-refractivity contribution is -0.123. The Hall–Kier alpha value is 0.0200. The molecule has 0 aliphatic heterocycles. The van der Waals surface area contributed by atoms with Gasteiger partial charge >= 0.3 is 0 Å². The van der Waals surface area contributed by atoms with E-state index in [0.29, 0.717) is 12.2 Å². The molecule has 0 N–H and O–H groups in total. The van der Waals surface area contributed by atoms with Crippen LogP contribution < -0.4 is 0 Å². The number of ketones is 1. The van der Waals surface area contributed by atoms with Gasteiger partial charge in [0, 0.05) is 17.6 Å². The van der Waals surface area contributed by atoms with Gasteiger partial charge in [-0.3, -0.25) is 4.79 Å². The summed E-state index contributed by atoms with van der Waals surface area (Å²) in [6.07, 6.45) is 2.40. The summed E-state index contributed by atoms with van der Waals surface area (Å²) in [6.45, 7) is 6.33. The van der Waals surface area contributed by atoms with Crippen LogP contribution in [0, 0.1) is 5.41 Å². The lowest BCUT2D eigenvalue weighted by atomic mass is 9.72. The normalized spacial score (nSPS) is 37.3. The first-order chi connectivity index (χ1) is 4.81. The minimum absolute atomic E-state index is 0.0706. The van der Waals surface area contributed by atoms with Crippen LogP contribution in [-0.4, -0.2) is 10.5 Å². The molecular weight excluding hydrogens is 156 g/mol. The van der Waals surface area contributed by atoms with Crippen molar-refractivity contribution in [2.24, 2.45) is 5.41 Å². The third-order valence-corrected chi connectivity index (χ3v) is 2.43. The van der Waals surface area contributed by atoms with Crippen LogP contribution in [0.3, 0.4) is 0 Å². The predicted molar refractivity (Wildman–Crippen MR) is 50.0 cm³/mol. The quantitative estimate of drug-likeness (QED) is 0.555. The summed E-state index contributed by atoms with van der Waals surface area (Å²) in [4.78, 5) is 11.2. The van der Waals surface area contributed by atoms with Crippen molar-refractivity contribution >= 4 is 18.4 Å². The molecule has 0 spiro atoms. The maximum absolute atomic E-state index is 11.2. The number of carbonyl (C=O) groups is 1. The summed E-state index contributed by atoms with van der Waals surface area (Å²) >= 11 is 4.47. The number of hydrogen-bond acceptors (Lipinski definition) is 2. The van der Waals surface area contributed by atoms with Gasteiger partial charge in [0.05, 0.1) is 0 Å². The van der Waals surface area contributed by atoms with Crippen LogP contribution in [0.5, 0.6) is 0 Å². The van der Waals surface area contributed by atoms with Gasteiger partial charge in [0.2, 0.25) is 0 Å². The van der Waals surface area contributed by atoms with Gasteiger partial charge in [-0.05, 0) is 11.8 Å². The fourth-order valence-corrected chi connectivity index (χ4v) is 2.78. The van der Waals surface area contributed by atoms with Crippen molar-refractivity contribution in [2.75, 3.05) is 0 Å². The Labute approximate surface area is 74.0 Å². The van der Waals surface area contributed by atoms with E-state index in [2.05, 4.69) is 33.4 Å². The molecule has 0 radical (unpaired) electrons. The summed E-state index contributed by atoms with van der Waals surface area (Å²) in [5.74, 6) is 0.360. The molecule has 1 nitrogen and oxygen atoms in total. The highest BCUT2D eigenvalue weighted by Crippen LogP contribution is 2.42. The fraction of sp³-hybridized carbons (Fsp3) is 0.889. The van der Waals surface area contributed by atoms with Crippen LogP contribution in [-0.2, 0) is 4.79 Å². The Morgan fingerprint density at radius 3 is 2.18 bits per heavy atom. The van der Waals surface area contributed by atoms with E-state index < -0.39 is 0 Å². The van der Waals surface area contributed by atoms with E-state index in [0.717, 1.165) is 12.8 Å². The third kappa shape index (κ3) is 2.51. The van der Waals surface area contributed by atoms with Gasteiger partial charge in [0.1, 0.15) is 5.78 Å². The number of hydrogen-bond donors (Lipinski definition) is 1. The van der Waals surface area contributed by atoms with Crippen molar-refractivity contribution in [1.29, 1.82) is 0 Å². The second-order valence-corrected chi connectivity index (χ2v) is 5.81. The maximum atomic E-state index is 11.2. The molecule has 1 unspecified atom stereocenters. The minimum Gasteiger partial charge on any atom is -0.300 e. The van der Waals surface area contributed by atoms with Gasteiger partial charge in [-0.1, -0.05) is 20.8 Å². The highest BCUT2D eigenvalue weighted by molar-refractivity contribution is 7.81. The molecule has 1 rings (SSSR count). The first kappa shape index (κ1) is 9.11. The molecule has 2 heteroatoms. The van der Waals surface area contributed by atoms with Gasteiger partial charge in [-0.15, -0.1) is 0 Å². The third-order valence-electron chi connectivity index (χ3n) is 2.11. The van der Waals surface area contributed by atoms with Gasteiger partial charge in [-0.25, -0.2) is 0 Å². The molecule has 1 atom stereocenters. The van der Waals surface area contributed by atoms with Crippen LogP contribution in [0.1, 0.15) is 40.0 Å². The van der Waals surface area contributed by atoms with E-state index in [1.165, 1.54) is 0 Å². The molecule has 1 saturated carbocycles. The second kappa shape index (κ2) is 2.51. The van der Waals surface area contributed by atoms with Crippen LogP contribution >= 0.6 is 12.6 Å². The van der Waals surface area contributed by atoms with Gasteiger partial charge < -0.3 is 0 Å². The maximum Gasteiger partial charge on any atom is 0.134 e. The summed E-state index contributed by atoms with van der Waals surface area (Å²) in [7, 11) is 0. The Morgan fingerprint density at radius 2 is 1.82 bits per heavy atom. The van der Waals surface area contributed by atoms with E-state index in [1.54, 1.807) is 0 Å². The highest BCUT2D eigenvalue weighted by Gasteiger charge is 2.38. The van der Waals surface area contributed by atoms with E-state index >= 15 is 0 Å². The SMILES string of the molecule is CC1(C)CC(=O)CC(C)(S)C1. The van der Waals surface area contributed by atoms with Crippen molar-refractivity contribution in [3.63, 3.8) is 0 Å². The summed E-state index contributed by atoms with van der Waals surface area (Å²) < 4.78 is -0.0706. The summed E-state index contributed by atoms with van der Waals surface area (Å²) in [5.41, 5.74) is 0.159. The number of thiol groups is 1. The van der Waals surface area contributed by atoms with Gasteiger partial charge in [0.15, 0.2) is 0 Å². The second-order valence-electron chi connectivity index (χ2n) is 4.73. The smallest absolute Gasteiger partial charge is 0.134 e. The molecule has 11 heavy (non-hydrogen) atoms. The lowest BCUT2D eigenvalue weighted by Crippen LogP contribution is -2.36. The zero-order valence-corrected chi connectivity index (χ0v) is 8.37. The molecule has 0 amide bonds.